The first-order valence-electron chi connectivity index (χ1n) is 5.18. The van der Waals surface area contributed by atoms with E-state index >= 15 is 0 Å². The van der Waals surface area contributed by atoms with Gasteiger partial charge >= 0.3 is 0 Å². The Labute approximate surface area is 89.3 Å². The van der Waals surface area contributed by atoms with Crippen molar-refractivity contribution in [3.8, 4) is 0 Å². The van der Waals surface area contributed by atoms with Gasteiger partial charge < -0.3 is 4.90 Å². The van der Waals surface area contributed by atoms with Crippen LogP contribution in [0.15, 0.2) is 18.0 Å². The summed E-state index contributed by atoms with van der Waals surface area (Å²) in [5.74, 6) is 0. The lowest BCUT2D eigenvalue weighted by Gasteiger charge is -2.20. The molecule has 1 aromatic heterocycles. The molecule has 1 atom stereocenters. The SMILES string of the molecule is C=CC1CCCN1c1nc(CC)cs1. The van der Waals surface area contributed by atoms with E-state index in [1.54, 1.807) is 11.3 Å². The van der Waals surface area contributed by atoms with E-state index in [2.05, 4.69) is 28.8 Å². The molecule has 1 aliphatic heterocycles. The molecule has 0 amide bonds. The lowest BCUT2D eigenvalue weighted by molar-refractivity contribution is 0.802. The Bertz CT molecular complexity index is 319. The molecule has 1 aliphatic rings. The van der Waals surface area contributed by atoms with Crippen LogP contribution in [0.3, 0.4) is 0 Å². The van der Waals surface area contributed by atoms with E-state index in [1.165, 1.54) is 23.7 Å². The molecule has 0 spiro atoms. The molecule has 76 valence electrons. The van der Waals surface area contributed by atoms with Gasteiger partial charge in [0, 0.05) is 18.0 Å². The van der Waals surface area contributed by atoms with Crippen molar-refractivity contribution in [2.75, 3.05) is 11.4 Å². The molecule has 14 heavy (non-hydrogen) atoms. The van der Waals surface area contributed by atoms with Crippen LogP contribution in [0.4, 0.5) is 5.13 Å². The highest BCUT2D eigenvalue weighted by Gasteiger charge is 2.23. The van der Waals surface area contributed by atoms with Crippen molar-refractivity contribution in [1.29, 1.82) is 0 Å². The van der Waals surface area contributed by atoms with Crippen molar-refractivity contribution < 1.29 is 0 Å². The molecule has 2 rings (SSSR count). The second kappa shape index (κ2) is 4.13. The minimum atomic E-state index is 0.505. The third-order valence-electron chi connectivity index (χ3n) is 2.72. The molecule has 2 heterocycles. The Hall–Kier alpha value is -0.830. The molecule has 0 aliphatic carbocycles. The van der Waals surface area contributed by atoms with Gasteiger partial charge in [-0.2, -0.15) is 0 Å². The highest BCUT2D eigenvalue weighted by atomic mass is 32.1. The van der Waals surface area contributed by atoms with Gasteiger partial charge in [-0.15, -0.1) is 17.9 Å². The van der Waals surface area contributed by atoms with Gasteiger partial charge in [0.05, 0.1) is 5.69 Å². The lowest BCUT2D eigenvalue weighted by atomic mass is 10.2. The number of hydrogen-bond donors (Lipinski definition) is 0. The van der Waals surface area contributed by atoms with E-state index < -0.39 is 0 Å². The molecule has 0 radical (unpaired) electrons. The van der Waals surface area contributed by atoms with Gasteiger partial charge in [0.1, 0.15) is 0 Å². The maximum absolute atomic E-state index is 4.61. The predicted octanol–water partition coefficient (Wildman–Crippen LogP) is 2.86. The zero-order chi connectivity index (χ0) is 9.97. The van der Waals surface area contributed by atoms with E-state index in [0.29, 0.717) is 6.04 Å². The van der Waals surface area contributed by atoms with E-state index in [9.17, 15) is 0 Å². The second-order valence-electron chi connectivity index (χ2n) is 3.61. The minimum absolute atomic E-state index is 0.505. The Morgan fingerprint density at radius 3 is 3.29 bits per heavy atom. The van der Waals surface area contributed by atoms with Gasteiger partial charge in [0.15, 0.2) is 5.13 Å². The van der Waals surface area contributed by atoms with Gasteiger partial charge in [-0.05, 0) is 19.3 Å². The molecule has 1 fully saturated rings. The first kappa shape index (κ1) is 9.71. The molecule has 1 saturated heterocycles. The van der Waals surface area contributed by atoms with Crippen LogP contribution < -0.4 is 4.90 Å². The third-order valence-corrected chi connectivity index (χ3v) is 3.65. The first-order valence-corrected chi connectivity index (χ1v) is 6.06. The van der Waals surface area contributed by atoms with Crippen LogP contribution in [-0.2, 0) is 6.42 Å². The Balaban J connectivity index is 2.17. The number of thiazole rings is 1. The molecule has 1 unspecified atom stereocenters. The Kier molecular flexibility index (Phi) is 2.87. The van der Waals surface area contributed by atoms with Crippen molar-refractivity contribution in [2.45, 2.75) is 32.2 Å². The number of aryl methyl sites for hydroxylation is 1. The molecule has 0 N–H and O–H groups in total. The van der Waals surface area contributed by atoms with Crippen LogP contribution in [0.2, 0.25) is 0 Å². The van der Waals surface area contributed by atoms with E-state index in [0.717, 1.165) is 13.0 Å². The molecule has 1 aromatic rings. The second-order valence-corrected chi connectivity index (χ2v) is 4.45. The lowest BCUT2D eigenvalue weighted by Crippen LogP contribution is -2.26. The minimum Gasteiger partial charge on any atom is -0.342 e. The summed E-state index contributed by atoms with van der Waals surface area (Å²) in [5, 5.41) is 3.33. The van der Waals surface area contributed by atoms with Crippen molar-refractivity contribution in [2.24, 2.45) is 0 Å². The molecular weight excluding hydrogens is 192 g/mol. The summed E-state index contributed by atoms with van der Waals surface area (Å²) >= 11 is 1.76. The van der Waals surface area contributed by atoms with Crippen molar-refractivity contribution in [3.63, 3.8) is 0 Å². The zero-order valence-corrected chi connectivity index (χ0v) is 9.39. The number of anilines is 1. The average Bonchev–Trinajstić information content (AvgIpc) is 2.85. The molecular formula is C11H16N2S. The molecule has 0 bridgehead atoms. The van der Waals surface area contributed by atoms with Crippen molar-refractivity contribution in [1.82, 2.24) is 4.98 Å². The summed E-state index contributed by atoms with van der Waals surface area (Å²) in [6, 6.07) is 0.505. The van der Waals surface area contributed by atoms with E-state index in [1.807, 2.05) is 6.08 Å². The Morgan fingerprint density at radius 1 is 1.79 bits per heavy atom. The number of nitrogens with zero attached hydrogens (tertiary/aromatic N) is 2. The van der Waals surface area contributed by atoms with Gasteiger partial charge in [0.25, 0.3) is 0 Å². The summed E-state index contributed by atoms with van der Waals surface area (Å²) in [5.41, 5.74) is 1.21. The van der Waals surface area contributed by atoms with Crippen LogP contribution in [0, 0.1) is 0 Å². The largest absolute Gasteiger partial charge is 0.342 e. The molecule has 2 nitrogen and oxygen atoms in total. The van der Waals surface area contributed by atoms with Gasteiger partial charge in [-0.3, -0.25) is 0 Å². The predicted molar refractivity (Wildman–Crippen MR) is 62.1 cm³/mol. The number of hydrogen-bond acceptors (Lipinski definition) is 3. The summed E-state index contributed by atoms with van der Waals surface area (Å²) in [7, 11) is 0. The standard InChI is InChI=1S/C11H16N2S/c1-3-9-8-14-11(12-9)13-7-5-6-10(13)4-2/h4,8,10H,2-3,5-7H2,1H3. The summed E-state index contributed by atoms with van der Waals surface area (Å²) in [4.78, 5) is 6.98. The smallest absolute Gasteiger partial charge is 0.186 e. The van der Waals surface area contributed by atoms with Gasteiger partial charge in [0.2, 0.25) is 0 Å². The summed E-state index contributed by atoms with van der Waals surface area (Å²) < 4.78 is 0. The number of aromatic nitrogens is 1. The zero-order valence-electron chi connectivity index (χ0n) is 8.57. The maximum Gasteiger partial charge on any atom is 0.186 e. The van der Waals surface area contributed by atoms with Crippen molar-refractivity contribution in [3.05, 3.63) is 23.7 Å². The van der Waals surface area contributed by atoms with E-state index in [4.69, 9.17) is 0 Å². The molecule has 0 saturated carbocycles. The topological polar surface area (TPSA) is 16.1 Å². The molecule has 0 aromatic carbocycles. The van der Waals surface area contributed by atoms with Crippen LogP contribution in [0.5, 0.6) is 0 Å². The fourth-order valence-electron chi connectivity index (χ4n) is 1.87. The monoisotopic (exact) mass is 208 g/mol. The first-order chi connectivity index (χ1) is 6.85. The highest BCUT2D eigenvalue weighted by molar-refractivity contribution is 7.13. The van der Waals surface area contributed by atoms with Gasteiger partial charge in [-0.25, -0.2) is 4.98 Å². The normalized spacial score (nSPS) is 21.5. The van der Waals surface area contributed by atoms with Crippen LogP contribution in [-0.4, -0.2) is 17.6 Å². The Morgan fingerprint density at radius 2 is 2.64 bits per heavy atom. The molecule has 3 heteroatoms. The number of rotatable bonds is 3. The van der Waals surface area contributed by atoms with Crippen LogP contribution in [0.1, 0.15) is 25.5 Å². The van der Waals surface area contributed by atoms with Crippen LogP contribution in [0.25, 0.3) is 0 Å². The summed E-state index contributed by atoms with van der Waals surface area (Å²) in [6.45, 7) is 7.16. The highest BCUT2D eigenvalue weighted by Crippen LogP contribution is 2.28. The maximum atomic E-state index is 4.61. The van der Waals surface area contributed by atoms with Crippen LogP contribution >= 0.6 is 11.3 Å². The fourth-order valence-corrected chi connectivity index (χ4v) is 2.86. The third kappa shape index (κ3) is 1.69. The average molecular weight is 208 g/mol. The van der Waals surface area contributed by atoms with Crippen molar-refractivity contribution >= 4 is 16.5 Å². The van der Waals surface area contributed by atoms with Gasteiger partial charge in [-0.1, -0.05) is 13.0 Å². The van der Waals surface area contributed by atoms with E-state index in [-0.39, 0.29) is 0 Å². The quantitative estimate of drug-likeness (QED) is 0.710. The fraction of sp³-hybridized carbons (Fsp3) is 0.545. The summed E-state index contributed by atoms with van der Waals surface area (Å²) in [6.07, 6.45) is 5.56.